The number of thiocarbonyl (C=S) groups is 1. The van der Waals surface area contributed by atoms with Crippen molar-refractivity contribution in [1.82, 2.24) is 4.90 Å². The maximum atomic E-state index is 10.6. The molecular weight excluding hydrogens is 202 g/mol. The van der Waals surface area contributed by atoms with Crippen molar-refractivity contribution >= 4 is 34.1 Å². The van der Waals surface area contributed by atoms with Crippen molar-refractivity contribution < 1.29 is 4.79 Å². The Bertz CT molecular complexity index is 180. The van der Waals surface area contributed by atoms with Crippen molar-refractivity contribution in [3.63, 3.8) is 0 Å². The quantitative estimate of drug-likeness (QED) is 0.522. The Morgan fingerprint density at radius 2 is 2.00 bits per heavy atom. The maximum absolute atomic E-state index is 10.6. The van der Waals surface area contributed by atoms with Crippen molar-refractivity contribution in [1.29, 1.82) is 0 Å². The Kier molecular flexibility index (Phi) is 7.28. The van der Waals surface area contributed by atoms with E-state index in [1.54, 1.807) is 6.92 Å². The first kappa shape index (κ1) is 12.9. The van der Waals surface area contributed by atoms with Crippen molar-refractivity contribution in [3.8, 4) is 0 Å². The third-order valence-electron chi connectivity index (χ3n) is 1.59. The zero-order valence-electron chi connectivity index (χ0n) is 8.50. The van der Waals surface area contributed by atoms with E-state index in [1.807, 2.05) is 19.0 Å². The molecule has 76 valence electrons. The molecule has 2 nitrogen and oxygen atoms in total. The van der Waals surface area contributed by atoms with Crippen LogP contribution in [-0.4, -0.2) is 34.9 Å². The number of hydrogen-bond acceptors (Lipinski definition) is 3. The lowest BCUT2D eigenvalue weighted by atomic mass is 10.2. The van der Waals surface area contributed by atoms with Gasteiger partial charge in [-0.2, -0.15) is 0 Å². The Labute approximate surface area is 90.1 Å². The van der Waals surface area contributed by atoms with Crippen LogP contribution in [0.3, 0.4) is 0 Å². The second-order valence-electron chi connectivity index (χ2n) is 3.09. The van der Waals surface area contributed by atoms with Crippen LogP contribution in [0.4, 0.5) is 0 Å². The van der Waals surface area contributed by atoms with Gasteiger partial charge in [0.05, 0.1) is 4.99 Å². The van der Waals surface area contributed by atoms with Crippen molar-refractivity contribution in [2.75, 3.05) is 19.8 Å². The number of thioether (sulfide) groups is 1. The van der Waals surface area contributed by atoms with Crippen LogP contribution in [0.15, 0.2) is 0 Å². The molecule has 0 radical (unpaired) electrons. The van der Waals surface area contributed by atoms with Gasteiger partial charge < -0.3 is 4.90 Å². The van der Waals surface area contributed by atoms with Gasteiger partial charge in [0.1, 0.15) is 0 Å². The summed E-state index contributed by atoms with van der Waals surface area (Å²) in [4.78, 5) is 13.5. The molecule has 0 spiro atoms. The molecule has 0 unspecified atom stereocenters. The highest BCUT2D eigenvalue weighted by molar-refractivity contribution is 8.13. The van der Waals surface area contributed by atoms with Crippen LogP contribution in [-0.2, 0) is 4.79 Å². The lowest BCUT2D eigenvalue weighted by Crippen LogP contribution is -2.19. The average Bonchev–Trinajstić information content (AvgIpc) is 2.02. The van der Waals surface area contributed by atoms with E-state index in [2.05, 4.69) is 0 Å². The van der Waals surface area contributed by atoms with Crippen LogP contribution >= 0.6 is 24.0 Å². The standard InChI is InChI=1S/C9H17NOS2/c1-8(11)13-7-5-4-6-9(12)10(2)3/h4-7H2,1-3H3. The van der Waals surface area contributed by atoms with Crippen LogP contribution in [0.2, 0.25) is 0 Å². The largest absolute Gasteiger partial charge is 0.372 e. The second-order valence-corrected chi connectivity index (χ2v) is 4.83. The third kappa shape index (κ3) is 8.25. The molecule has 0 aliphatic heterocycles. The predicted octanol–water partition coefficient (Wildman–Crippen LogP) is 2.33. The van der Waals surface area contributed by atoms with E-state index in [4.69, 9.17) is 12.2 Å². The summed E-state index contributed by atoms with van der Waals surface area (Å²) in [6.45, 7) is 1.61. The van der Waals surface area contributed by atoms with E-state index < -0.39 is 0 Å². The van der Waals surface area contributed by atoms with Crippen LogP contribution < -0.4 is 0 Å². The maximum Gasteiger partial charge on any atom is 0.185 e. The fourth-order valence-electron chi connectivity index (χ4n) is 0.818. The van der Waals surface area contributed by atoms with Gasteiger partial charge >= 0.3 is 0 Å². The lowest BCUT2D eigenvalue weighted by Gasteiger charge is -2.12. The predicted molar refractivity (Wildman–Crippen MR) is 63.3 cm³/mol. The minimum absolute atomic E-state index is 0.204. The fraction of sp³-hybridized carbons (Fsp3) is 0.778. The molecule has 0 fully saturated rings. The lowest BCUT2D eigenvalue weighted by molar-refractivity contribution is -0.109. The molecule has 0 aliphatic carbocycles. The van der Waals surface area contributed by atoms with E-state index in [1.165, 1.54) is 11.8 Å². The highest BCUT2D eigenvalue weighted by atomic mass is 32.2. The summed E-state index contributed by atoms with van der Waals surface area (Å²) in [6.07, 6.45) is 3.11. The van der Waals surface area contributed by atoms with Gasteiger partial charge in [-0.3, -0.25) is 4.79 Å². The molecule has 0 aromatic rings. The third-order valence-corrected chi connectivity index (χ3v) is 3.06. The first-order valence-electron chi connectivity index (χ1n) is 4.37. The summed E-state index contributed by atoms with van der Waals surface area (Å²) in [5.74, 6) is 0.922. The molecule has 0 aromatic carbocycles. The zero-order chi connectivity index (χ0) is 10.3. The molecular formula is C9H17NOS2. The normalized spacial score (nSPS) is 9.77. The zero-order valence-corrected chi connectivity index (χ0v) is 10.1. The first-order valence-corrected chi connectivity index (χ1v) is 5.77. The molecule has 13 heavy (non-hydrogen) atoms. The van der Waals surface area contributed by atoms with Crippen LogP contribution in [0.1, 0.15) is 26.2 Å². The summed E-state index contributed by atoms with van der Waals surface area (Å²) in [6, 6.07) is 0. The van der Waals surface area contributed by atoms with Crippen LogP contribution in [0.25, 0.3) is 0 Å². The first-order chi connectivity index (χ1) is 6.04. The molecule has 4 heteroatoms. The Morgan fingerprint density at radius 1 is 1.38 bits per heavy atom. The number of carbonyl (C=O) groups is 1. The molecule has 0 N–H and O–H groups in total. The van der Waals surface area contributed by atoms with Crippen molar-refractivity contribution in [2.24, 2.45) is 0 Å². The van der Waals surface area contributed by atoms with Gasteiger partial charge in [-0.05, 0) is 19.3 Å². The Balaban J connectivity index is 3.26. The Morgan fingerprint density at radius 3 is 2.46 bits per heavy atom. The average molecular weight is 219 g/mol. The summed E-state index contributed by atoms with van der Waals surface area (Å²) >= 11 is 6.53. The highest BCUT2D eigenvalue weighted by Crippen LogP contribution is 2.07. The molecule has 0 aromatic heterocycles. The number of carbonyl (C=O) groups excluding carboxylic acids is 1. The van der Waals surface area contributed by atoms with E-state index in [9.17, 15) is 4.79 Å². The van der Waals surface area contributed by atoms with E-state index >= 15 is 0 Å². The second kappa shape index (κ2) is 7.33. The summed E-state index contributed by atoms with van der Waals surface area (Å²) < 4.78 is 0. The van der Waals surface area contributed by atoms with Gasteiger partial charge in [0, 0.05) is 26.8 Å². The van der Waals surface area contributed by atoms with Gasteiger partial charge in [-0.25, -0.2) is 0 Å². The fourth-order valence-corrected chi connectivity index (χ4v) is 1.60. The summed E-state index contributed by atoms with van der Waals surface area (Å²) in [5.41, 5.74) is 0. The minimum Gasteiger partial charge on any atom is -0.372 e. The topological polar surface area (TPSA) is 20.3 Å². The molecule has 0 aliphatic rings. The van der Waals surface area contributed by atoms with Crippen molar-refractivity contribution in [3.05, 3.63) is 0 Å². The monoisotopic (exact) mass is 219 g/mol. The molecule has 0 atom stereocenters. The van der Waals surface area contributed by atoms with Gasteiger partial charge in [-0.1, -0.05) is 24.0 Å². The van der Waals surface area contributed by atoms with Gasteiger partial charge in [-0.15, -0.1) is 0 Å². The highest BCUT2D eigenvalue weighted by Gasteiger charge is 1.99. The van der Waals surface area contributed by atoms with Gasteiger partial charge in [0.15, 0.2) is 5.12 Å². The van der Waals surface area contributed by atoms with E-state index in [-0.39, 0.29) is 5.12 Å². The number of unbranched alkanes of at least 4 members (excludes halogenated alkanes) is 1. The number of hydrogen-bond donors (Lipinski definition) is 0. The van der Waals surface area contributed by atoms with Gasteiger partial charge in [0.25, 0.3) is 0 Å². The Hall–Kier alpha value is -0.0900. The number of nitrogens with zero attached hydrogens (tertiary/aromatic N) is 1. The van der Waals surface area contributed by atoms with E-state index in [0.29, 0.717) is 0 Å². The smallest absolute Gasteiger partial charge is 0.185 e. The van der Waals surface area contributed by atoms with Crippen LogP contribution in [0, 0.1) is 0 Å². The summed E-state index contributed by atoms with van der Waals surface area (Å²) in [5, 5.41) is 0.204. The summed E-state index contributed by atoms with van der Waals surface area (Å²) in [7, 11) is 3.93. The number of rotatable bonds is 5. The molecule has 0 saturated carbocycles. The van der Waals surface area contributed by atoms with Crippen molar-refractivity contribution in [2.45, 2.75) is 26.2 Å². The van der Waals surface area contributed by atoms with Gasteiger partial charge in [0.2, 0.25) is 0 Å². The van der Waals surface area contributed by atoms with E-state index in [0.717, 1.165) is 30.0 Å². The molecule has 0 heterocycles. The molecule has 0 rings (SSSR count). The van der Waals surface area contributed by atoms with Crippen LogP contribution in [0.5, 0.6) is 0 Å². The molecule has 0 saturated heterocycles. The molecule has 0 amide bonds. The SMILES string of the molecule is CC(=O)SCCCCC(=S)N(C)C. The molecule has 0 bridgehead atoms. The minimum atomic E-state index is 0.204.